The Morgan fingerprint density at radius 2 is 1.75 bits per heavy atom. The maximum Gasteiger partial charge on any atom is 0.265 e. The van der Waals surface area contributed by atoms with Gasteiger partial charge in [0.05, 0.1) is 11.3 Å². The lowest BCUT2D eigenvalue weighted by atomic mass is 10.1. The number of amides is 2. The van der Waals surface area contributed by atoms with Crippen LogP contribution in [0.2, 0.25) is 0 Å². The third-order valence-corrected chi connectivity index (χ3v) is 4.59. The van der Waals surface area contributed by atoms with Crippen LogP contribution in [-0.2, 0) is 4.79 Å². The Balaban J connectivity index is 2.14. The summed E-state index contributed by atoms with van der Waals surface area (Å²) in [4.78, 5) is 25.3. The van der Waals surface area contributed by atoms with Crippen molar-refractivity contribution < 1.29 is 14.3 Å². The highest BCUT2D eigenvalue weighted by molar-refractivity contribution is 6.04. The summed E-state index contributed by atoms with van der Waals surface area (Å²) in [6.45, 7) is 10.5. The van der Waals surface area contributed by atoms with Crippen molar-refractivity contribution in [2.75, 3.05) is 11.9 Å². The molecule has 0 spiro atoms. The molecule has 0 saturated heterocycles. The van der Waals surface area contributed by atoms with Gasteiger partial charge in [0.2, 0.25) is 0 Å². The van der Waals surface area contributed by atoms with Crippen molar-refractivity contribution in [3.05, 3.63) is 59.2 Å². The van der Waals surface area contributed by atoms with Crippen molar-refractivity contribution in [3.63, 3.8) is 0 Å². The molecule has 0 fully saturated rings. The number of ether oxygens (including phenoxy) is 1. The molecule has 2 aromatic rings. The first kappa shape index (κ1) is 21.5. The SMILES string of the molecule is CC[C@@H](Oc1cccc(C)c1C)C(=O)Nc1ccccc1C(=O)NCC(C)C. The molecule has 0 aliphatic heterocycles. The smallest absolute Gasteiger partial charge is 0.265 e. The number of para-hydroxylation sites is 1. The lowest BCUT2D eigenvalue weighted by Crippen LogP contribution is -2.34. The maximum absolute atomic E-state index is 12.8. The molecule has 2 N–H and O–H groups in total. The Hall–Kier alpha value is -2.82. The van der Waals surface area contributed by atoms with E-state index in [1.54, 1.807) is 24.3 Å². The van der Waals surface area contributed by atoms with Crippen molar-refractivity contribution in [2.24, 2.45) is 5.92 Å². The monoisotopic (exact) mass is 382 g/mol. The van der Waals surface area contributed by atoms with Gasteiger partial charge in [0.15, 0.2) is 6.10 Å². The number of hydrogen-bond acceptors (Lipinski definition) is 3. The summed E-state index contributed by atoms with van der Waals surface area (Å²) in [6, 6.07) is 12.8. The molecule has 28 heavy (non-hydrogen) atoms. The van der Waals surface area contributed by atoms with E-state index in [-0.39, 0.29) is 11.8 Å². The second-order valence-electron chi connectivity index (χ2n) is 7.35. The quantitative estimate of drug-likeness (QED) is 0.707. The Bertz CT molecular complexity index is 830. The number of carbonyl (C=O) groups is 2. The lowest BCUT2D eigenvalue weighted by molar-refractivity contribution is -0.122. The predicted octanol–water partition coefficient (Wildman–Crippen LogP) is 4.49. The van der Waals surface area contributed by atoms with E-state index >= 15 is 0 Å². The largest absolute Gasteiger partial charge is 0.480 e. The van der Waals surface area contributed by atoms with Crippen molar-refractivity contribution in [2.45, 2.75) is 47.1 Å². The summed E-state index contributed by atoms with van der Waals surface area (Å²) in [7, 11) is 0. The second-order valence-corrected chi connectivity index (χ2v) is 7.35. The lowest BCUT2D eigenvalue weighted by Gasteiger charge is -2.20. The number of benzene rings is 2. The van der Waals surface area contributed by atoms with Gasteiger partial charge < -0.3 is 15.4 Å². The van der Waals surface area contributed by atoms with E-state index < -0.39 is 6.10 Å². The molecule has 0 heterocycles. The van der Waals surface area contributed by atoms with Crippen LogP contribution in [0.4, 0.5) is 5.69 Å². The van der Waals surface area contributed by atoms with Gasteiger partial charge in [-0.25, -0.2) is 0 Å². The molecule has 2 rings (SSSR count). The summed E-state index contributed by atoms with van der Waals surface area (Å²) in [5.74, 6) is 0.576. The Morgan fingerprint density at radius 1 is 1.04 bits per heavy atom. The molecule has 5 nitrogen and oxygen atoms in total. The van der Waals surface area contributed by atoms with Crippen LogP contribution in [0.3, 0.4) is 0 Å². The van der Waals surface area contributed by atoms with Crippen LogP contribution in [0.1, 0.15) is 48.7 Å². The fraction of sp³-hybridized carbons (Fsp3) is 0.391. The van der Waals surface area contributed by atoms with Gasteiger partial charge >= 0.3 is 0 Å². The van der Waals surface area contributed by atoms with Crippen LogP contribution in [-0.4, -0.2) is 24.5 Å². The minimum atomic E-state index is -0.646. The number of nitrogens with one attached hydrogen (secondary N) is 2. The van der Waals surface area contributed by atoms with E-state index in [0.29, 0.717) is 35.9 Å². The summed E-state index contributed by atoms with van der Waals surface area (Å²) >= 11 is 0. The molecular weight excluding hydrogens is 352 g/mol. The third-order valence-electron chi connectivity index (χ3n) is 4.59. The van der Waals surface area contributed by atoms with Gasteiger partial charge in [-0.05, 0) is 55.5 Å². The van der Waals surface area contributed by atoms with Gasteiger partial charge in [-0.3, -0.25) is 9.59 Å². The molecule has 0 aliphatic carbocycles. The maximum atomic E-state index is 12.8. The zero-order valence-electron chi connectivity index (χ0n) is 17.3. The van der Waals surface area contributed by atoms with E-state index in [9.17, 15) is 9.59 Å². The molecule has 0 radical (unpaired) electrons. The molecule has 0 saturated carbocycles. The predicted molar refractivity (Wildman–Crippen MR) is 113 cm³/mol. The van der Waals surface area contributed by atoms with Crippen LogP contribution >= 0.6 is 0 Å². The zero-order valence-corrected chi connectivity index (χ0v) is 17.3. The summed E-state index contributed by atoms with van der Waals surface area (Å²) in [5, 5.41) is 5.75. The summed E-state index contributed by atoms with van der Waals surface area (Å²) < 4.78 is 5.98. The van der Waals surface area contributed by atoms with Gasteiger partial charge in [0, 0.05) is 6.54 Å². The van der Waals surface area contributed by atoms with Crippen molar-refractivity contribution in [3.8, 4) is 5.75 Å². The van der Waals surface area contributed by atoms with Crippen LogP contribution < -0.4 is 15.4 Å². The van der Waals surface area contributed by atoms with Gasteiger partial charge in [-0.1, -0.05) is 45.0 Å². The first-order chi connectivity index (χ1) is 13.3. The summed E-state index contributed by atoms with van der Waals surface area (Å²) in [5.41, 5.74) is 3.05. The van der Waals surface area contributed by atoms with E-state index in [1.165, 1.54) is 0 Å². The van der Waals surface area contributed by atoms with Gasteiger partial charge in [0.25, 0.3) is 11.8 Å². The highest BCUT2D eigenvalue weighted by Crippen LogP contribution is 2.23. The molecule has 1 atom stereocenters. The van der Waals surface area contributed by atoms with Gasteiger partial charge in [0.1, 0.15) is 5.75 Å². The van der Waals surface area contributed by atoms with Crippen molar-refractivity contribution in [1.82, 2.24) is 5.32 Å². The Labute approximate surface area is 167 Å². The third kappa shape index (κ3) is 5.59. The van der Waals surface area contributed by atoms with E-state index in [4.69, 9.17) is 4.74 Å². The van der Waals surface area contributed by atoms with Crippen LogP contribution in [0.25, 0.3) is 0 Å². The van der Waals surface area contributed by atoms with Crippen LogP contribution in [0.5, 0.6) is 5.75 Å². The molecule has 150 valence electrons. The first-order valence-electron chi connectivity index (χ1n) is 9.74. The molecule has 2 amide bonds. The fourth-order valence-corrected chi connectivity index (χ4v) is 2.72. The zero-order chi connectivity index (χ0) is 20.7. The number of hydrogen-bond donors (Lipinski definition) is 2. The average Bonchev–Trinajstić information content (AvgIpc) is 2.67. The summed E-state index contributed by atoms with van der Waals surface area (Å²) in [6.07, 6.45) is -0.131. The highest BCUT2D eigenvalue weighted by atomic mass is 16.5. The molecule has 0 aliphatic rings. The van der Waals surface area contributed by atoms with Crippen molar-refractivity contribution >= 4 is 17.5 Å². The molecule has 5 heteroatoms. The normalized spacial score (nSPS) is 11.8. The highest BCUT2D eigenvalue weighted by Gasteiger charge is 2.21. The van der Waals surface area contributed by atoms with E-state index in [0.717, 1.165) is 11.1 Å². The first-order valence-corrected chi connectivity index (χ1v) is 9.74. The molecule has 0 bridgehead atoms. The topological polar surface area (TPSA) is 67.4 Å². The van der Waals surface area contributed by atoms with Crippen LogP contribution in [0.15, 0.2) is 42.5 Å². The Morgan fingerprint density at radius 3 is 2.43 bits per heavy atom. The molecular formula is C23H30N2O3. The molecule has 2 aromatic carbocycles. The minimum absolute atomic E-state index is 0.201. The number of rotatable bonds is 8. The van der Waals surface area contributed by atoms with Gasteiger partial charge in [-0.15, -0.1) is 0 Å². The number of aryl methyl sites for hydroxylation is 1. The fourth-order valence-electron chi connectivity index (χ4n) is 2.72. The van der Waals surface area contributed by atoms with Crippen LogP contribution in [0, 0.1) is 19.8 Å². The average molecular weight is 383 g/mol. The Kier molecular flexibility index (Phi) is 7.61. The van der Waals surface area contributed by atoms with Gasteiger partial charge in [-0.2, -0.15) is 0 Å². The number of carbonyl (C=O) groups excluding carboxylic acids is 2. The van der Waals surface area contributed by atoms with E-state index in [1.807, 2.05) is 52.8 Å². The standard InChI is InChI=1S/C23H30N2O3/c1-6-20(28-21-13-9-10-16(4)17(21)5)23(27)25-19-12-8-7-11-18(19)22(26)24-14-15(2)3/h7-13,15,20H,6,14H2,1-5H3,(H,24,26)(H,25,27)/t20-/m1/s1. The number of anilines is 1. The molecule has 0 aromatic heterocycles. The van der Waals surface area contributed by atoms with E-state index in [2.05, 4.69) is 10.6 Å². The minimum Gasteiger partial charge on any atom is -0.480 e. The van der Waals surface area contributed by atoms with Crippen molar-refractivity contribution in [1.29, 1.82) is 0 Å². The second kappa shape index (κ2) is 9.93. The molecule has 0 unspecified atom stereocenters.